The monoisotopic (exact) mass is 200 g/mol. The van der Waals surface area contributed by atoms with Gasteiger partial charge >= 0.3 is 6.03 Å². The van der Waals surface area contributed by atoms with E-state index in [0.29, 0.717) is 18.5 Å². The predicted molar refractivity (Wildman–Crippen MR) is 57.0 cm³/mol. The van der Waals surface area contributed by atoms with Crippen molar-refractivity contribution in [1.82, 2.24) is 10.6 Å². The molecule has 74 valence electrons. The number of hydrogen-bond donors (Lipinski definition) is 2. The van der Waals surface area contributed by atoms with Crippen molar-refractivity contribution in [3.63, 3.8) is 0 Å². The van der Waals surface area contributed by atoms with Gasteiger partial charge in [0.25, 0.3) is 0 Å². The molecule has 1 aliphatic heterocycles. The summed E-state index contributed by atoms with van der Waals surface area (Å²) in [7, 11) is 0. The van der Waals surface area contributed by atoms with Crippen LogP contribution in [0.25, 0.3) is 0 Å². The standard InChI is InChI=1S/C9H16N2OS/c1-3-4-10-9(12)11-8-6-13-5-7(8)2/h3,7-8H,1,4-6H2,2H3,(H2,10,11,12). The van der Waals surface area contributed by atoms with Crippen molar-refractivity contribution < 1.29 is 4.79 Å². The maximum atomic E-state index is 11.2. The highest BCUT2D eigenvalue weighted by molar-refractivity contribution is 7.99. The van der Waals surface area contributed by atoms with E-state index in [-0.39, 0.29) is 6.03 Å². The molecule has 1 saturated heterocycles. The Morgan fingerprint density at radius 2 is 2.46 bits per heavy atom. The number of carbonyl (C=O) groups excluding carboxylic acids is 1. The van der Waals surface area contributed by atoms with Crippen LogP contribution in [0.3, 0.4) is 0 Å². The van der Waals surface area contributed by atoms with Crippen molar-refractivity contribution in [2.24, 2.45) is 5.92 Å². The topological polar surface area (TPSA) is 41.1 Å². The summed E-state index contributed by atoms with van der Waals surface area (Å²) >= 11 is 1.89. The van der Waals surface area contributed by atoms with E-state index in [1.165, 1.54) is 0 Å². The van der Waals surface area contributed by atoms with E-state index in [2.05, 4.69) is 24.1 Å². The molecule has 0 aromatic rings. The predicted octanol–water partition coefficient (Wildman–Crippen LogP) is 1.22. The number of amides is 2. The molecule has 1 heterocycles. The van der Waals surface area contributed by atoms with Crippen LogP contribution in [0.15, 0.2) is 12.7 Å². The highest BCUT2D eigenvalue weighted by Crippen LogP contribution is 2.23. The minimum atomic E-state index is -0.0840. The molecule has 0 radical (unpaired) electrons. The van der Waals surface area contributed by atoms with Crippen molar-refractivity contribution in [1.29, 1.82) is 0 Å². The molecule has 2 unspecified atom stereocenters. The molecular weight excluding hydrogens is 184 g/mol. The van der Waals surface area contributed by atoms with E-state index in [9.17, 15) is 4.79 Å². The summed E-state index contributed by atoms with van der Waals surface area (Å²) < 4.78 is 0. The Labute approximate surface area is 83.3 Å². The number of carbonyl (C=O) groups is 1. The summed E-state index contributed by atoms with van der Waals surface area (Å²) in [6.07, 6.45) is 1.67. The van der Waals surface area contributed by atoms with Crippen molar-refractivity contribution in [3.05, 3.63) is 12.7 Å². The normalized spacial score (nSPS) is 26.8. The second-order valence-electron chi connectivity index (χ2n) is 3.26. The van der Waals surface area contributed by atoms with E-state index in [0.717, 1.165) is 11.5 Å². The van der Waals surface area contributed by atoms with Gasteiger partial charge in [-0.3, -0.25) is 0 Å². The Kier molecular flexibility index (Phi) is 4.15. The second kappa shape index (κ2) is 5.17. The summed E-state index contributed by atoms with van der Waals surface area (Å²) in [6, 6.07) is 0.245. The maximum Gasteiger partial charge on any atom is 0.315 e. The van der Waals surface area contributed by atoms with Crippen molar-refractivity contribution >= 4 is 17.8 Å². The van der Waals surface area contributed by atoms with Gasteiger partial charge in [0.05, 0.1) is 0 Å². The van der Waals surface area contributed by atoms with E-state index < -0.39 is 0 Å². The van der Waals surface area contributed by atoms with Crippen molar-refractivity contribution in [2.75, 3.05) is 18.1 Å². The molecule has 2 amide bonds. The maximum absolute atomic E-state index is 11.2. The first kappa shape index (κ1) is 10.4. The average Bonchev–Trinajstić information content (AvgIpc) is 2.48. The summed E-state index contributed by atoms with van der Waals surface area (Å²) in [5.41, 5.74) is 0. The number of nitrogens with one attached hydrogen (secondary N) is 2. The van der Waals surface area contributed by atoms with Crippen LogP contribution in [0, 0.1) is 5.92 Å². The molecule has 2 N–H and O–H groups in total. The summed E-state index contributed by atoms with van der Waals surface area (Å²) in [4.78, 5) is 11.2. The molecule has 1 aliphatic rings. The van der Waals surface area contributed by atoms with Gasteiger partial charge in [-0.05, 0) is 11.7 Å². The summed E-state index contributed by atoms with van der Waals surface area (Å²) in [5.74, 6) is 2.76. The quantitative estimate of drug-likeness (QED) is 0.673. The first-order valence-corrected chi connectivity index (χ1v) is 5.62. The third-order valence-corrected chi connectivity index (χ3v) is 3.44. The lowest BCUT2D eigenvalue weighted by Gasteiger charge is -2.16. The fraction of sp³-hybridized carbons (Fsp3) is 0.667. The lowest BCUT2D eigenvalue weighted by atomic mass is 10.1. The fourth-order valence-corrected chi connectivity index (χ4v) is 2.64. The molecule has 1 rings (SSSR count). The van der Waals surface area contributed by atoms with Crippen LogP contribution in [0.4, 0.5) is 4.79 Å². The fourth-order valence-electron chi connectivity index (χ4n) is 1.23. The zero-order chi connectivity index (χ0) is 9.68. The van der Waals surface area contributed by atoms with E-state index in [1.807, 2.05) is 11.8 Å². The van der Waals surface area contributed by atoms with Crippen LogP contribution in [-0.2, 0) is 0 Å². The van der Waals surface area contributed by atoms with Gasteiger partial charge in [0, 0.05) is 18.3 Å². The molecule has 0 spiro atoms. The number of urea groups is 1. The molecule has 0 aromatic carbocycles. The SMILES string of the molecule is C=CCNC(=O)NC1CSCC1C. The lowest BCUT2D eigenvalue weighted by Crippen LogP contribution is -2.44. The Hall–Kier alpha value is -0.640. The largest absolute Gasteiger partial charge is 0.335 e. The van der Waals surface area contributed by atoms with Crippen LogP contribution in [0.5, 0.6) is 0 Å². The zero-order valence-electron chi connectivity index (χ0n) is 7.88. The first-order valence-electron chi connectivity index (χ1n) is 4.47. The average molecular weight is 200 g/mol. The highest BCUT2D eigenvalue weighted by Gasteiger charge is 2.24. The van der Waals surface area contributed by atoms with Gasteiger partial charge in [0.1, 0.15) is 0 Å². The van der Waals surface area contributed by atoms with Gasteiger partial charge in [-0.15, -0.1) is 6.58 Å². The smallest absolute Gasteiger partial charge is 0.315 e. The number of hydrogen-bond acceptors (Lipinski definition) is 2. The minimum absolute atomic E-state index is 0.0840. The van der Waals surface area contributed by atoms with E-state index >= 15 is 0 Å². The molecule has 2 atom stereocenters. The third kappa shape index (κ3) is 3.30. The Bertz CT molecular complexity index is 196. The molecule has 0 saturated carbocycles. The molecule has 1 fully saturated rings. The summed E-state index contributed by atoms with van der Waals surface area (Å²) in [5, 5.41) is 5.65. The molecular formula is C9H16N2OS. The van der Waals surface area contributed by atoms with Crippen LogP contribution < -0.4 is 10.6 Å². The molecule has 4 heteroatoms. The Morgan fingerprint density at radius 1 is 1.69 bits per heavy atom. The Morgan fingerprint density at radius 3 is 3.00 bits per heavy atom. The van der Waals surface area contributed by atoms with E-state index in [4.69, 9.17) is 0 Å². The Balaban J connectivity index is 2.22. The van der Waals surface area contributed by atoms with Crippen LogP contribution in [0.1, 0.15) is 6.92 Å². The summed E-state index contributed by atoms with van der Waals surface area (Å²) in [6.45, 7) is 6.23. The van der Waals surface area contributed by atoms with E-state index in [1.54, 1.807) is 6.08 Å². The van der Waals surface area contributed by atoms with Gasteiger partial charge in [-0.1, -0.05) is 13.0 Å². The molecule has 3 nitrogen and oxygen atoms in total. The highest BCUT2D eigenvalue weighted by atomic mass is 32.2. The molecule has 0 aromatic heterocycles. The van der Waals surface area contributed by atoms with Gasteiger partial charge in [-0.25, -0.2) is 4.79 Å². The molecule has 0 aliphatic carbocycles. The number of thioether (sulfide) groups is 1. The zero-order valence-corrected chi connectivity index (χ0v) is 8.69. The van der Waals surface area contributed by atoms with Gasteiger partial charge in [-0.2, -0.15) is 11.8 Å². The van der Waals surface area contributed by atoms with Crippen LogP contribution >= 0.6 is 11.8 Å². The third-order valence-electron chi connectivity index (χ3n) is 2.09. The van der Waals surface area contributed by atoms with Crippen LogP contribution in [0.2, 0.25) is 0 Å². The second-order valence-corrected chi connectivity index (χ2v) is 4.34. The van der Waals surface area contributed by atoms with Crippen molar-refractivity contribution in [2.45, 2.75) is 13.0 Å². The van der Waals surface area contributed by atoms with Gasteiger partial charge in [0.15, 0.2) is 0 Å². The van der Waals surface area contributed by atoms with Crippen molar-refractivity contribution in [3.8, 4) is 0 Å². The molecule has 0 bridgehead atoms. The van der Waals surface area contributed by atoms with Gasteiger partial charge < -0.3 is 10.6 Å². The first-order chi connectivity index (χ1) is 6.24. The van der Waals surface area contributed by atoms with Crippen LogP contribution in [-0.4, -0.2) is 30.1 Å². The molecule has 13 heavy (non-hydrogen) atoms. The minimum Gasteiger partial charge on any atom is -0.335 e. The lowest BCUT2D eigenvalue weighted by molar-refractivity contribution is 0.236. The van der Waals surface area contributed by atoms with Gasteiger partial charge in [0.2, 0.25) is 0 Å². The number of rotatable bonds is 3.